The quantitative estimate of drug-likeness (QED) is 0.613. The van der Waals surface area contributed by atoms with Crippen LogP contribution in [0.4, 0.5) is 0 Å². The predicted molar refractivity (Wildman–Crippen MR) is 111 cm³/mol. The number of nitriles is 1. The van der Waals surface area contributed by atoms with E-state index in [-0.39, 0.29) is 12.3 Å². The fourth-order valence-electron chi connectivity index (χ4n) is 3.28. The van der Waals surface area contributed by atoms with E-state index in [1.807, 2.05) is 47.0 Å². The molecule has 3 aromatic rings. The Balaban J connectivity index is 2.02. The summed E-state index contributed by atoms with van der Waals surface area (Å²) in [5, 5.41) is 11.7. The SMILES string of the molecule is COC(=O)[C@H](Cc1ncn(Cc2ccccc2)c1-c1ccc(C#N)cc1)NC(C)=O. The molecule has 0 spiro atoms. The number of amides is 1. The standard InChI is InChI=1S/C23H22N4O3/c1-16(28)26-21(23(29)30-2)12-20-22(19-10-8-17(13-24)9-11-19)27(15-25-20)14-18-6-4-3-5-7-18/h3-11,15,21H,12,14H2,1-2H3,(H,26,28)/t21-/m0/s1. The number of nitrogens with one attached hydrogen (secondary N) is 1. The number of carbonyl (C=O) groups is 2. The lowest BCUT2D eigenvalue weighted by Gasteiger charge is -2.16. The van der Waals surface area contributed by atoms with Crippen LogP contribution in [-0.2, 0) is 27.3 Å². The number of esters is 1. The molecule has 0 saturated heterocycles. The van der Waals surface area contributed by atoms with Crippen molar-refractivity contribution in [1.82, 2.24) is 14.9 Å². The van der Waals surface area contributed by atoms with Crippen LogP contribution in [0, 0.1) is 11.3 Å². The minimum Gasteiger partial charge on any atom is -0.467 e. The monoisotopic (exact) mass is 402 g/mol. The van der Waals surface area contributed by atoms with Gasteiger partial charge in [-0.1, -0.05) is 42.5 Å². The highest BCUT2D eigenvalue weighted by molar-refractivity contribution is 5.83. The van der Waals surface area contributed by atoms with Gasteiger partial charge in [-0.25, -0.2) is 9.78 Å². The molecule has 0 aliphatic rings. The zero-order chi connectivity index (χ0) is 21.5. The van der Waals surface area contributed by atoms with E-state index in [9.17, 15) is 9.59 Å². The molecule has 0 radical (unpaired) electrons. The normalized spacial score (nSPS) is 11.4. The average Bonchev–Trinajstić information content (AvgIpc) is 3.15. The lowest BCUT2D eigenvalue weighted by Crippen LogP contribution is -2.42. The maximum Gasteiger partial charge on any atom is 0.328 e. The van der Waals surface area contributed by atoms with Crippen LogP contribution in [0.2, 0.25) is 0 Å². The maximum absolute atomic E-state index is 12.2. The number of ether oxygens (including phenoxy) is 1. The van der Waals surface area contributed by atoms with Gasteiger partial charge >= 0.3 is 5.97 Å². The van der Waals surface area contributed by atoms with Crippen molar-refractivity contribution in [3.63, 3.8) is 0 Å². The molecule has 7 nitrogen and oxygen atoms in total. The molecule has 30 heavy (non-hydrogen) atoms. The average molecular weight is 402 g/mol. The van der Waals surface area contributed by atoms with Gasteiger partial charge < -0.3 is 14.6 Å². The summed E-state index contributed by atoms with van der Waals surface area (Å²) in [6.45, 7) is 1.94. The summed E-state index contributed by atoms with van der Waals surface area (Å²) < 4.78 is 6.83. The molecule has 1 heterocycles. The highest BCUT2D eigenvalue weighted by Crippen LogP contribution is 2.26. The molecule has 0 saturated carbocycles. The van der Waals surface area contributed by atoms with Gasteiger partial charge in [0.1, 0.15) is 6.04 Å². The van der Waals surface area contributed by atoms with Crippen molar-refractivity contribution >= 4 is 11.9 Å². The van der Waals surface area contributed by atoms with Crippen LogP contribution in [-0.4, -0.2) is 34.6 Å². The second kappa shape index (κ2) is 9.52. The summed E-state index contributed by atoms with van der Waals surface area (Å²) >= 11 is 0. The van der Waals surface area contributed by atoms with Gasteiger partial charge in [0.2, 0.25) is 5.91 Å². The predicted octanol–water partition coefficient (Wildman–Crippen LogP) is 2.69. The molecule has 0 aliphatic carbocycles. The second-order valence-corrected chi connectivity index (χ2v) is 6.82. The molecule has 1 aromatic heterocycles. The fourth-order valence-corrected chi connectivity index (χ4v) is 3.28. The summed E-state index contributed by atoms with van der Waals surface area (Å²) in [4.78, 5) is 28.3. The van der Waals surface area contributed by atoms with E-state index >= 15 is 0 Å². The van der Waals surface area contributed by atoms with Gasteiger partial charge in [0.05, 0.1) is 36.5 Å². The molecular weight excluding hydrogens is 380 g/mol. The first-order valence-corrected chi connectivity index (χ1v) is 9.45. The summed E-state index contributed by atoms with van der Waals surface area (Å²) in [5.74, 6) is -0.859. The Hall–Kier alpha value is -3.92. The van der Waals surface area contributed by atoms with Crippen LogP contribution in [0.25, 0.3) is 11.3 Å². The third kappa shape index (κ3) is 4.92. The topological polar surface area (TPSA) is 97.0 Å². The van der Waals surface area contributed by atoms with Gasteiger partial charge in [0, 0.05) is 25.5 Å². The van der Waals surface area contributed by atoms with E-state index in [1.165, 1.54) is 14.0 Å². The third-order valence-electron chi connectivity index (χ3n) is 4.66. The summed E-state index contributed by atoms with van der Waals surface area (Å²) in [6, 6.07) is 18.4. The fraction of sp³-hybridized carbons (Fsp3) is 0.217. The number of nitrogens with zero attached hydrogens (tertiary/aromatic N) is 3. The lowest BCUT2D eigenvalue weighted by molar-refractivity contribution is -0.144. The van der Waals surface area contributed by atoms with E-state index in [2.05, 4.69) is 16.4 Å². The Morgan fingerprint density at radius 2 is 1.87 bits per heavy atom. The van der Waals surface area contributed by atoms with Gasteiger partial charge in [-0.05, 0) is 17.7 Å². The first kappa shape index (κ1) is 20.8. The van der Waals surface area contributed by atoms with Crippen LogP contribution in [0.1, 0.15) is 23.7 Å². The van der Waals surface area contributed by atoms with E-state index in [0.717, 1.165) is 16.8 Å². The van der Waals surface area contributed by atoms with Gasteiger partial charge in [-0.2, -0.15) is 5.26 Å². The molecule has 0 aliphatic heterocycles. The largest absolute Gasteiger partial charge is 0.467 e. The van der Waals surface area contributed by atoms with Crippen LogP contribution in [0.3, 0.4) is 0 Å². The lowest BCUT2D eigenvalue weighted by atomic mass is 10.0. The molecule has 1 amide bonds. The Morgan fingerprint density at radius 3 is 2.47 bits per heavy atom. The zero-order valence-electron chi connectivity index (χ0n) is 16.8. The highest BCUT2D eigenvalue weighted by Gasteiger charge is 2.25. The molecule has 2 aromatic carbocycles. The smallest absolute Gasteiger partial charge is 0.328 e. The number of imidazole rings is 1. The van der Waals surface area contributed by atoms with Crippen molar-refractivity contribution in [1.29, 1.82) is 5.26 Å². The first-order chi connectivity index (χ1) is 14.5. The molecule has 0 unspecified atom stereocenters. The van der Waals surface area contributed by atoms with Crippen LogP contribution < -0.4 is 5.32 Å². The van der Waals surface area contributed by atoms with Crippen molar-refractivity contribution in [2.24, 2.45) is 0 Å². The van der Waals surface area contributed by atoms with Gasteiger partial charge in [0.15, 0.2) is 0 Å². The van der Waals surface area contributed by atoms with Crippen molar-refractivity contribution in [2.75, 3.05) is 7.11 Å². The number of methoxy groups -OCH3 is 1. The molecular formula is C23H22N4O3. The Morgan fingerprint density at radius 1 is 1.17 bits per heavy atom. The summed E-state index contributed by atoms with van der Waals surface area (Å²) in [5.41, 5.74) is 3.99. The molecule has 7 heteroatoms. The second-order valence-electron chi connectivity index (χ2n) is 6.82. The zero-order valence-corrected chi connectivity index (χ0v) is 16.8. The van der Waals surface area contributed by atoms with Crippen molar-refractivity contribution in [3.8, 4) is 17.3 Å². The number of hydrogen-bond acceptors (Lipinski definition) is 5. The third-order valence-corrected chi connectivity index (χ3v) is 4.66. The van der Waals surface area contributed by atoms with Gasteiger partial charge in [-0.15, -0.1) is 0 Å². The molecule has 0 bridgehead atoms. The number of aromatic nitrogens is 2. The minimum absolute atomic E-state index is 0.184. The summed E-state index contributed by atoms with van der Waals surface area (Å²) in [6.07, 6.45) is 1.90. The number of carbonyl (C=O) groups excluding carboxylic acids is 2. The Labute approximate surface area is 174 Å². The molecule has 1 atom stereocenters. The van der Waals surface area contributed by atoms with Gasteiger partial charge in [-0.3, -0.25) is 4.79 Å². The van der Waals surface area contributed by atoms with E-state index in [0.29, 0.717) is 17.8 Å². The van der Waals surface area contributed by atoms with Crippen LogP contribution in [0.15, 0.2) is 60.9 Å². The number of hydrogen-bond donors (Lipinski definition) is 1. The van der Waals surface area contributed by atoms with Crippen LogP contribution in [0.5, 0.6) is 0 Å². The number of rotatable bonds is 7. The Bertz CT molecular complexity index is 1070. The number of benzene rings is 2. The van der Waals surface area contributed by atoms with Crippen LogP contribution >= 0.6 is 0 Å². The van der Waals surface area contributed by atoms with E-state index < -0.39 is 12.0 Å². The van der Waals surface area contributed by atoms with E-state index in [1.54, 1.807) is 18.5 Å². The minimum atomic E-state index is -0.843. The Kier molecular flexibility index (Phi) is 6.60. The van der Waals surface area contributed by atoms with E-state index in [4.69, 9.17) is 10.00 Å². The highest BCUT2D eigenvalue weighted by atomic mass is 16.5. The van der Waals surface area contributed by atoms with Crippen molar-refractivity contribution < 1.29 is 14.3 Å². The van der Waals surface area contributed by atoms with Crippen molar-refractivity contribution in [2.45, 2.75) is 25.9 Å². The molecule has 0 fully saturated rings. The first-order valence-electron chi connectivity index (χ1n) is 9.45. The van der Waals surface area contributed by atoms with Gasteiger partial charge in [0.25, 0.3) is 0 Å². The molecule has 152 valence electrons. The molecule has 3 rings (SSSR count). The maximum atomic E-state index is 12.2. The molecule has 1 N–H and O–H groups in total. The summed E-state index contributed by atoms with van der Waals surface area (Å²) in [7, 11) is 1.28. The van der Waals surface area contributed by atoms with Crippen molar-refractivity contribution in [3.05, 3.63) is 77.7 Å².